The molecule has 2 atom stereocenters. The number of hydrogen-bond acceptors (Lipinski definition) is 4. The fourth-order valence-corrected chi connectivity index (χ4v) is 6.42. The van der Waals surface area contributed by atoms with Crippen molar-refractivity contribution in [1.82, 2.24) is 14.8 Å². The van der Waals surface area contributed by atoms with Gasteiger partial charge in [0.1, 0.15) is 0 Å². The first-order valence-corrected chi connectivity index (χ1v) is 14.9. The highest BCUT2D eigenvalue weighted by molar-refractivity contribution is 6.30. The molecule has 5 nitrogen and oxygen atoms in total. The zero-order chi connectivity index (χ0) is 27.5. The molecule has 6 rings (SSSR count). The SMILES string of the molecule is O=C(CN1CCN(Cc2ccccc2)CC1)N1N=C2/C(=C/c3ccc(Cl)cc3)CCC[C@H]2[C@H]1c1ccc(Cl)cc1. The standard InChI is InChI=1S/C33H34Cl2N4O/c34-28-13-9-24(10-14-28)21-27-7-4-8-30-32(27)36-39(33(30)26-11-15-29(35)16-12-26)31(40)23-38-19-17-37(18-20-38)22-25-5-2-1-3-6-25/h1-3,5-6,9-16,21,30,33H,4,7-8,17-20,22-23H2/b27-21+/t30-,33-/m1/s1. The van der Waals surface area contributed by atoms with Crippen molar-refractivity contribution in [2.24, 2.45) is 11.0 Å². The minimum absolute atomic E-state index is 0.0594. The van der Waals surface area contributed by atoms with Gasteiger partial charge >= 0.3 is 0 Å². The first kappa shape index (κ1) is 27.2. The van der Waals surface area contributed by atoms with Crippen LogP contribution in [0.15, 0.2) is 89.5 Å². The van der Waals surface area contributed by atoms with E-state index in [-0.39, 0.29) is 17.9 Å². The van der Waals surface area contributed by atoms with Crippen molar-refractivity contribution in [2.75, 3.05) is 32.7 Å². The van der Waals surface area contributed by atoms with Crippen molar-refractivity contribution in [3.8, 4) is 0 Å². The Morgan fingerprint density at radius 3 is 2.20 bits per heavy atom. The summed E-state index contributed by atoms with van der Waals surface area (Å²) in [6.45, 7) is 4.98. The third kappa shape index (κ3) is 6.18. The Morgan fingerprint density at radius 2 is 1.50 bits per heavy atom. The Bertz CT molecular complexity index is 1380. The van der Waals surface area contributed by atoms with Gasteiger partial charge in [0.15, 0.2) is 0 Å². The zero-order valence-electron chi connectivity index (χ0n) is 22.6. The van der Waals surface area contributed by atoms with Gasteiger partial charge in [0, 0.05) is 48.7 Å². The van der Waals surface area contributed by atoms with Gasteiger partial charge < -0.3 is 0 Å². The normalized spacial score (nSPS) is 22.8. The van der Waals surface area contributed by atoms with E-state index >= 15 is 0 Å². The molecule has 40 heavy (non-hydrogen) atoms. The third-order valence-corrected chi connectivity index (χ3v) is 8.76. The average molecular weight is 574 g/mol. The highest BCUT2D eigenvalue weighted by Gasteiger charge is 2.44. The van der Waals surface area contributed by atoms with Gasteiger partial charge in [-0.1, -0.05) is 77.8 Å². The van der Waals surface area contributed by atoms with Crippen LogP contribution in [0.3, 0.4) is 0 Å². The van der Waals surface area contributed by atoms with Gasteiger partial charge in [-0.3, -0.25) is 14.6 Å². The lowest BCUT2D eigenvalue weighted by Crippen LogP contribution is -2.49. The van der Waals surface area contributed by atoms with E-state index in [0.717, 1.165) is 73.8 Å². The summed E-state index contributed by atoms with van der Waals surface area (Å²) in [4.78, 5) is 18.6. The van der Waals surface area contributed by atoms with Gasteiger partial charge in [-0.05, 0) is 71.9 Å². The van der Waals surface area contributed by atoms with Crippen LogP contribution in [0, 0.1) is 5.92 Å². The summed E-state index contributed by atoms with van der Waals surface area (Å²) in [7, 11) is 0. The van der Waals surface area contributed by atoms with E-state index in [0.29, 0.717) is 11.6 Å². The molecule has 0 aromatic heterocycles. The van der Waals surface area contributed by atoms with Crippen LogP contribution in [0.2, 0.25) is 10.0 Å². The second-order valence-corrected chi connectivity index (χ2v) is 11.9. The monoisotopic (exact) mass is 572 g/mol. The molecular formula is C33H34Cl2N4O. The molecule has 206 valence electrons. The van der Waals surface area contributed by atoms with Crippen LogP contribution < -0.4 is 0 Å². The minimum atomic E-state index is -0.118. The summed E-state index contributed by atoms with van der Waals surface area (Å²) in [6, 6.07) is 26.3. The van der Waals surface area contributed by atoms with Crippen LogP contribution >= 0.6 is 23.2 Å². The quantitative estimate of drug-likeness (QED) is 0.321. The molecule has 3 aromatic carbocycles. The molecule has 0 N–H and O–H groups in total. The van der Waals surface area contributed by atoms with E-state index in [4.69, 9.17) is 28.3 Å². The number of benzene rings is 3. The number of hydrazone groups is 1. The van der Waals surface area contributed by atoms with Crippen molar-refractivity contribution in [3.63, 3.8) is 0 Å². The lowest BCUT2D eigenvalue weighted by Gasteiger charge is -2.35. The Balaban J connectivity index is 1.20. The smallest absolute Gasteiger partial charge is 0.257 e. The minimum Gasteiger partial charge on any atom is -0.297 e. The number of halogens is 2. The van der Waals surface area contributed by atoms with Gasteiger partial charge in [0.05, 0.1) is 18.3 Å². The molecule has 1 aliphatic carbocycles. The predicted octanol–water partition coefficient (Wildman–Crippen LogP) is 6.93. The van der Waals surface area contributed by atoms with Crippen LogP contribution in [-0.4, -0.2) is 59.2 Å². The summed E-state index contributed by atoms with van der Waals surface area (Å²) in [5, 5.41) is 8.26. The number of carbonyl (C=O) groups is 1. The number of carbonyl (C=O) groups excluding carboxylic acids is 1. The average Bonchev–Trinajstić information content (AvgIpc) is 3.37. The third-order valence-electron chi connectivity index (χ3n) is 8.25. The Hall–Kier alpha value is -2.96. The van der Waals surface area contributed by atoms with E-state index < -0.39 is 0 Å². The number of fused-ring (bicyclic) bond motifs is 1. The maximum atomic E-state index is 13.9. The van der Waals surface area contributed by atoms with E-state index in [1.807, 2.05) is 48.5 Å². The molecular weight excluding hydrogens is 539 g/mol. The second-order valence-electron chi connectivity index (χ2n) is 11.0. The van der Waals surface area contributed by atoms with Gasteiger partial charge in [-0.2, -0.15) is 5.10 Å². The Kier molecular flexibility index (Phi) is 8.35. The number of allylic oxidation sites excluding steroid dienone is 1. The number of amides is 1. The van der Waals surface area contributed by atoms with Crippen molar-refractivity contribution in [1.29, 1.82) is 0 Å². The summed E-state index contributed by atoms with van der Waals surface area (Å²) in [6.07, 6.45) is 5.24. The first-order chi connectivity index (χ1) is 19.5. The number of hydrogen-bond donors (Lipinski definition) is 0. The molecule has 2 aliphatic heterocycles. The van der Waals surface area contributed by atoms with Crippen molar-refractivity contribution >= 4 is 40.9 Å². The largest absolute Gasteiger partial charge is 0.297 e. The molecule has 0 unspecified atom stereocenters. The molecule has 1 amide bonds. The number of nitrogens with zero attached hydrogens (tertiary/aromatic N) is 4. The Morgan fingerprint density at radius 1 is 0.850 bits per heavy atom. The first-order valence-electron chi connectivity index (χ1n) is 14.1. The second kappa shape index (κ2) is 12.3. The summed E-state index contributed by atoms with van der Waals surface area (Å²) in [5.74, 6) is 0.226. The molecule has 2 heterocycles. The van der Waals surface area contributed by atoms with E-state index in [1.165, 1.54) is 11.1 Å². The summed E-state index contributed by atoms with van der Waals surface area (Å²) < 4.78 is 0. The lowest BCUT2D eigenvalue weighted by atomic mass is 9.77. The molecule has 3 aliphatic rings. The van der Waals surface area contributed by atoms with Crippen LogP contribution in [0.5, 0.6) is 0 Å². The highest BCUT2D eigenvalue weighted by Crippen LogP contribution is 2.44. The molecule has 0 spiro atoms. The van der Waals surface area contributed by atoms with E-state index in [1.54, 1.807) is 5.01 Å². The van der Waals surface area contributed by atoms with Gasteiger partial charge in [-0.15, -0.1) is 0 Å². The van der Waals surface area contributed by atoms with Crippen molar-refractivity contribution in [2.45, 2.75) is 31.8 Å². The van der Waals surface area contributed by atoms with Crippen molar-refractivity contribution < 1.29 is 4.79 Å². The number of rotatable bonds is 6. The number of piperazine rings is 1. The fourth-order valence-electron chi connectivity index (χ4n) is 6.17. The van der Waals surface area contributed by atoms with Gasteiger partial charge in [0.25, 0.3) is 5.91 Å². The topological polar surface area (TPSA) is 39.2 Å². The van der Waals surface area contributed by atoms with Gasteiger partial charge in [0.2, 0.25) is 0 Å². The highest BCUT2D eigenvalue weighted by atomic mass is 35.5. The molecule has 1 saturated carbocycles. The molecule has 0 radical (unpaired) electrons. The van der Waals surface area contributed by atoms with Crippen molar-refractivity contribution in [3.05, 3.63) is 111 Å². The van der Waals surface area contributed by atoms with Crippen LogP contribution in [0.1, 0.15) is 42.0 Å². The zero-order valence-corrected chi connectivity index (χ0v) is 24.1. The van der Waals surface area contributed by atoms with E-state index in [9.17, 15) is 4.79 Å². The lowest BCUT2D eigenvalue weighted by molar-refractivity contribution is -0.135. The maximum Gasteiger partial charge on any atom is 0.257 e. The van der Waals surface area contributed by atoms with Crippen LogP contribution in [0.25, 0.3) is 6.08 Å². The van der Waals surface area contributed by atoms with Crippen LogP contribution in [-0.2, 0) is 11.3 Å². The van der Waals surface area contributed by atoms with Gasteiger partial charge in [-0.25, -0.2) is 5.01 Å². The molecule has 0 bridgehead atoms. The molecule has 2 fully saturated rings. The summed E-state index contributed by atoms with van der Waals surface area (Å²) in [5.41, 5.74) is 5.77. The summed E-state index contributed by atoms with van der Waals surface area (Å²) >= 11 is 12.3. The molecule has 3 aromatic rings. The van der Waals surface area contributed by atoms with E-state index in [2.05, 4.69) is 46.2 Å². The molecule has 7 heteroatoms. The molecule has 1 saturated heterocycles. The fraction of sp³-hybridized carbons (Fsp3) is 0.333. The predicted molar refractivity (Wildman–Crippen MR) is 163 cm³/mol. The van der Waals surface area contributed by atoms with Crippen LogP contribution in [0.4, 0.5) is 0 Å². The Labute approximate surface area is 246 Å². The maximum absolute atomic E-state index is 13.9.